The van der Waals surface area contributed by atoms with E-state index in [1.165, 1.54) is 0 Å². The Morgan fingerprint density at radius 3 is 2.74 bits per heavy atom. The Kier molecular flexibility index (Phi) is 5.18. The van der Waals surface area contributed by atoms with Crippen LogP contribution in [0.15, 0.2) is 30.3 Å². The van der Waals surface area contributed by atoms with Gasteiger partial charge in [-0.3, -0.25) is 4.79 Å². The topological polar surface area (TPSA) is 48.0 Å². The molecule has 1 atom stereocenters. The summed E-state index contributed by atoms with van der Waals surface area (Å²) < 4.78 is 16.6. The molecule has 2 saturated heterocycles. The Labute approximate surface area is 137 Å². The molecule has 2 aliphatic rings. The fraction of sp³-hybridized carbons (Fsp3) is 0.611. The molecule has 0 aromatic heterocycles. The maximum Gasteiger partial charge on any atom is 0.260 e. The zero-order valence-electron chi connectivity index (χ0n) is 13.7. The van der Waals surface area contributed by atoms with Crippen molar-refractivity contribution in [2.45, 2.75) is 25.4 Å². The maximum absolute atomic E-state index is 12.3. The monoisotopic (exact) mass is 319 g/mol. The van der Waals surface area contributed by atoms with E-state index in [4.69, 9.17) is 14.2 Å². The van der Waals surface area contributed by atoms with Gasteiger partial charge in [0.2, 0.25) is 0 Å². The van der Waals surface area contributed by atoms with Crippen molar-refractivity contribution in [2.24, 2.45) is 5.41 Å². The van der Waals surface area contributed by atoms with Gasteiger partial charge in [-0.25, -0.2) is 0 Å². The maximum atomic E-state index is 12.3. The highest BCUT2D eigenvalue weighted by Gasteiger charge is 2.42. The molecule has 2 heterocycles. The average molecular weight is 319 g/mol. The summed E-state index contributed by atoms with van der Waals surface area (Å²) in [5.74, 6) is 0.803. The van der Waals surface area contributed by atoms with E-state index in [1.807, 2.05) is 35.2 Å². The summed E-state index contributed by atoms with van der Waals surface area (Å²) in [4.78, 5) is 14.2. The number of likely N-dealkylation sites (tertiary alicyclic amines) is 1. The highest BCUT2D eigenvalue weighted by molar-refractivity contribution is 5.77. The van der Waals surface area contributed by atoms with Crippen LogP contribution in [0.25, 0.3) is 0 Å². The van der Waals surface area contributed by atoms with Crippen LogP contribution in [-0.4, -0.2) is 56.9 Å². The molecule has 0 bridgehead atoms. The molecule has 23 heavy (non-hydrogen) atoms. The first-order chi connectivity index (χ1) is 11.2. The summed E-state index contributed by atoms with van der Waals surface area (Å²) >= 11 is 0. The molecule has 0 unspecified atom stereocenters. The van der Waals surface area contributed by atoms with Crippen LogP contribution < -0.4 is 4.74 Å². The Hall–Kier alpha value is -1.59. The normalized spacial score (nSPS) is 23.2. The van der Waals surface area contributed by atoms with Crippen molar-refractivity contribution >= 4 is 5.91 Å². The van der Waals surface area contributed by atoms with Crippen molar-refractivity contribution in [3.05, 3.63) is 30.3 Å². The summed E-state index contributed by atoms with van der Waals surface area (Å²) in [6, 6.07) is 9.47. The SMILES string of the molecule is COC[C@H]1CC2(CCN(C(=O)COc3ccccc3)CC2)CO1. The molecule has 0 saturated carbocycles. The van der Waals surface area contributed by atoms with E-state index in [1.54, 1.807) is 7.11 Å². The number of hydrogen-bond acceptors (Lipinski definition) is 4. The van der Waals surface area contributed by atoms with Crippen LogP contribution in [-0.2, 0) is 14.3 Å². The molecule has 0 aliphatic carbocycles. The van der Waals surface area contributed by atoms with Crippen LogP contribution in [0.3, 0.4) is 0 Å². The number of carbonyl (C=O) groups is 1. The van der Waals surface area contributed by atoms with E-state index in [2.05, 4.69) is 0 Å². The minimum absolute atomic E-state index is 0.0658. The van der Waals surface area contributed by atoms with Gasteiger partial charge in [0.1, 0.15) is 5.75 Å². The molecule has 0 N–H and O–H groups in total. The van der Waals surface area contributed by atoms with Crippen LogP contribution in [0.1, 0.15) is 19.3 Å². The Balaban J connectivity index is 1.44. The van der Waals surface area contributed by atoms with Crippen molar-refractivity contribution < 1.29 is 19.0 Å². The predicted octanol–water partition coefficient (Wildman–Crippen LogP) is 2.11. The number of carbonyl (C=O) groups excluding carboxylic acids is 1. The zero-order valence-corrected chi connectivity index (χ0v) is 13.7. The number of rotatable bonds is 5. The van der Waals surface area contributed by atoms with E-state index in [0.717, 1.165) is 44.7 Å². The van der Waals surface area contributed by atoms with Gasteiger partial charge in [-0.05, 0) is 36.8 Å². The van der Waals surface area contributed by atoms with Crippen LogP contribution >= 0.6 is 0 Å². The first kappa shape index (κ1) is 16.3. The van der Waals surface area contributed by atoms with Gasteiger partial charge in [0.25, 0.3) is 5.91 Å². The van der Waals surface area contributed by atoms with Crippen molar-refractivity contribution in [3.63, 3.8) is 0 Å². The Morgan fingerprint density at radius 2 is 2.04 bits per heavy atom. The van der Waals surface area contributed by atoms with Crippen molar-refractivity contribution in [2.75, 3.05) is 40.0 Å². The van der Waals surface area contributed by atoms with Gasteiger partial charge in [-0.2, -0.15) is 0 Å². The number of ether oxygens (including phenoxy) is 3. The summed E-state index contributed by atoms with van der Waals surface area (Å²) in [6.45, 7) is 3.15. The molecule has 1 aromatic rings. The van der Waals surface area contributed by atoms with Gasteiger partial charge in [0.15, 0.2) is 6.61 Å². The van der Waals surface area contributed by atoms with Gasteiger partial charge in [-0.15, -0.1) is 0 Å². The molecule has 5 heteroatoms. The van der Waals surface area contributed by atoms with E-state index >= 15 is 0 Å². The third-order valence-electron chi connectivity index (χ3n) is 4.92. The zero-order chi connectivity index (χ0) is 16.1. The highest BCUT2D eigenvalue weighted by atomic mass is 16.5. The standard InChI is InChI=1S/C18H25NO4/c1-21-12-16-11-18(14-23-16)7-9-19(10-8-18)17(20)13-22-15-5-3-2-4-6-15/h2-6,16H,7-14H2,1H3/t16-/m1/s1. The third-order valence-corrected chi connectivity index (χ3v) is 4.92. The number of piperidine rings is 1. The average Bonchev–Trinajstić information content (AvgIpc) is 2.97. The van der Waals surface area contributed by atoms with Crippen LogP contribution in [0, 0.1) is 5.41 Å². The number of methoxy groups -OCH3 is 1. The number of nitrogens with zero attached hydrogens (tertiary/aromatic N) is 1. The number of hydrogen-bond donors (Lipinski definition) is 0. The number of amides is 1. The lowest BCUT2D eigenvalue weighted by Gasteiger charge is -2.38. The smallest absolute Gasteiger partial charge is 0.260 e. The van der Waals surface area contributed by atoms with Gasteiger partial charge < -0.3 is 19.1 Å². The molecule has 1 amide bonds. The fourth-order valence-electron chi connectivity index (χ4n) is 3.52. The van der Waals surface area contributed by atoms with Gasteiger partial charge >= 0.3 is 0 Å². The van der Waals surface area contributed by atoms with Crippen molar-refractivity contribution in [3.8, 4) is 5.75 Å². The Bertz CT molecular complexity index is 511. The van der Waals surface area contributed by atoms with Gasteiger partial charge in [-0.1, -0.05) is 18.2 Å². The lowest BCUT2D eigenvalue weighted by atomic mass is 9.76. The Morgan fingerprint density at radius 1 is 1.30 bits per heavy atom. The highest BCUT2D eigenvalue weighted by Crippen LogP contribution is 2.41. The first-order valence-electron chi connectivity index (χ1n) is 8.27. The second kappa shape index (κ2) is 7.32. The second-order valence-electron chi connectivity index (χ2n) is 6.57. The van der Waals surface area contributed by atoms with Crippen LogP contribution in [0.5, 0.6) is 5.75 Å². The van der Waals surface area contributed by atoms with Crippen LogP contribution in [0.2, 0.25) is 0 Å². The number of benzene rings is 1. The largest absolute Gasteiger partial charge is 0.484 e. The summed E-state index contributed by atoms with van der Waals surface area (Å²) in [6.07, 6.45) is 3.27. The van der Waals surface area contributed by atoms with Gasteiger partial charge in [0.05, 0.1) is 19.3 Å². The third kappa shape index (κ3) is 4.03. The summed E-state index contributed by atoms with van der Waals surface area (Å²) in [7, 11) is 1.71. The van der Waals surface area contributed by atoms with Crippen LogP contribution in [0.4, 0.5) is 0 Å². The number of para-hydroxylation sites is 1. The minimum atomic E-state index is 0.0658. The van der Waals surface area contributed by atoms with Gasteiger partial charge in [0, 0.05) is 20.2 Å². The molecule has 5 nitrogen and oxygen atoms in total. The van der Waals surface area contributed by atoms with Crippen molar-refractivity contribution in [1.29, 1.82) is 0 Å². The lowest BCUT2D eigenvalue weighted by molar-refractivity contribution is -0.135. The molecule has 126 valence electrons. The molecule has 3 rings (SSSR count). The predicted molar refractivity (Wildman–Crippen MR) is 86.4 cm³/mol. The molecule has 1 spiro atoms. The first-order valence-corrected chi connectivity index (χ1v) is 8.27. The molecule has 2 aliphatic heterocycles. The quantitative estimate of drug-likeness (QED) is 0.834. The molecule has 2 fully saturated rings. The molecular formula is C18H25NO4. The second-order valence-corrected chi connectivity index (χ2v) is 6.57. The molecule has 0 radical (unpaired) electrons. The summed E-state index contributed by atoms with van der Waals surface area (Å²) in [5.41, 5.74) is 0.236. The molecular weight excluding hydrogens is 294 g/mol. The van der Waals surface area contributed by atoms with E-state index in [9.17, 15) is 4.79 Å². The minimum Gasteiger partial charge on any atom is -0.484 e. The van der Waals surface area contributed by atoms with E-state index < -0.39 is 0 Å². The van der Waals surface area contributed by atoms with E-state index in [-0.39, 0.29) is 24.0 Å². The summed E-state index contributed by atoms with van der Waals surface area (Å²) in [5, 5.41) is 0. The van der Waals surface area contributed by atoms with E-state index in [0.29, 0.717) is 6.61 Å². The molecule has 1 aromatic carbocycles. The lowest BCUT2D eigenvalue weighted by Crippen LogP contribution is -2.45. The fourth-order valence-corrected chi connectivity index (χ4v) is 3.52. The van der Waals surface area contributed by atoms with Crippen molar-refractivity contribution in [1.82, 2.24) is 4.90 Å².